The molecule has 17 heavy (non-hydrogen) atoms. The Morgan fingerprint density at radius 1 is 1.35 bits per heavy atom. The molecule has 2 atom stereocenters. The van der Waals surface area contributed by atoms with Gasteiger partial charge in [-0.2, -0.15) is 0 Å². The summed E-state index contributed by atoms with van der Waals surface area (Å²) < 4.78 is 0. The lowest BCUT2D eigenvalue weighted by atomic mass is 9.92. The number of amides is 1. The average molecular weight is 239 g/mol. The zero-order valence-electron chi connectivity index (χ0n) is 10.9. The van der Waals surface area contributed by atoms with Gasteiger partial charge in [0.15, 0.2) is 0 Å². The van der Waals surface area contributed by atoms with Crippen LogP contribution in [-0.4, -0.2) is 49.6 Å². The van der Waals surface area contributed by atoms with Crippen LogP contribution in [0.2, 0.25) is 0 Å². The van der Waals surface area contributed by atoms with E-state index in [0.29, 0.717) is 5.92 Å². The number of rotatable bonds is 4. The van der Waals surface area contributed by atoms with Crippen molar-refractivity contribution < 1.29 is 4.79 Å². The van der Waals surface area contributed by atoms with E-state index in [1.54, 1.807) is 0 Å². The summed E-state index contributed by atoms with van der Waals surface area (Å²) in [4.78, 5) is 14.4. The number of hydrogen-bond acceptors (Lipinski definition) is 3. The fourth-order valence-corrected chi connectivity index (χ4v) is 2.85. The van der Waals surface area contributed by atoms with Crippen LogP contribution in [0.3, 0.4) is 0 Å². The number of nitrogens with zero attached hydrogens (tertiary/aromatic N) is 1. The minimum absolute atomic E-state index is 0.0299. The van der Waals surface area contributed by atoms with Crippen LogP contribution in [0.15, 0.2) is 0 Å². The molecule has 0 radical (unpaired) electrons. The molecule has 2 aliphatic rings. The highest BCUT2D eigenvalue weighted by Gasteiger charge is 2.26. The van der Waals surface area contributed by atoms with Gasteiger partial charge in [0.2, 0.25) is 5.91 Å². The normalized spacial score (nSPS) is 30.4. The summed E-state index contributed by atoms with van der Waals surface area (Å²) in [5.41, 5.74) is 0. The number of carbonyl (C=O) groups is 1. The fraction of sp³-hybridized carbons (Fsp3) is 0.923. The molecular weight excluding hydrogens is 214 g/mol. The molecule has 4 heteroatoms. The zero-order valence-corrected chi connectivity index (χ0v) is 10.9. The van der Waals surface area contributed by atoms with Gasteiger partial charge in [0.05, 0.1) is 6.04 Å². The Morgan fingerprint density at radius 3 is 2.82 bits per heavy atom. The Morgan fingerprint density at radius 2 is 2.12 bits per heavy atom. The molecule has 0 saturated carbocycles. The first-order chi connectivity index (χ1) is 8.27. The number of likely N-dealkylation sites (tertiary alicyclic amines) is 1. The molecule has 2 fully saturated rings. The predicted octanol–water partition coefficient (Wildman–Crippen LogP) is 0.587. The molecule has 2 rings (SSSR count). The largest absolute Gasteiger partial charge is 0.353 e. The van der Waals surface area contributed by atoms with Crippen molar-refractivity contribution in [2.24, 2.45) is 5.92 Å². The molecule has 0 spiro atoms. The number of carbonyl (C=O) groups excluding carboxylic acids is 1. The topological polar surface area (TPSA) is 44.4 Å². The van der Waals surface area contributed by atoms with Crippen molar-refractivity contribution in [1.29, 1.82) is 0 Å². The van der Waals surface area contributed by atoms with Gasteiger partial charge in [-0.1, -0.05) is 6.92 Å². The Bertz CT molecular complexity index is 251. The summed E-state index contributed by atoms with van der Waals surface area (Å²) in [7, 11) is 0. The van der Waals surface area contributed by atoms with E-state index in [0.717, 1.165) is 26.1 Å². The van der Waals surface area contributed by atoms with Gasteiger partial charge in [-0.15, -0.1) is 0 Å². The quantitative estimate of drug-likeness (QED) is 0.754. The molecular formula is C13H25N3O. The number of piperidine rings is 1. The molecule has 2 N–H and O–H groups in total. The van der Waals surface area contributed by atoms with Crippen molar-refractivity contribution >= 4 is 5.91 Å². The van der Waals surface area contributed by atoms with Crippen LogP contribution < -0.4 is 10.6 Å². The van der Waals surface area contributed by atoms with E-state index in [9.17, 15) is 4.79 Å². The van der Waals surface area contributed by atoms with Gasteiger partial charge in [-0.05, 0) is 51.2 Å². The van der Waals surface area contributed by atoms with Gasteiger partial charge in [0, 0.05) is 13.1 Å². The third-order valence-corrected chi connectivity index (χ3v) is 3.98. The molecule has 98 valence electrons. The van der Waals surface area contributed by atoms with Gasteiger partial charge in [0.1, 0.15) is 0 Å². The monoisotopic (exact) mass is 239 g/mol. The number of hydrogen-bond donors (Lipinski definition) is 2. The third kappa shape index (κ3) is 3.68. The van der Waals surface area contributed by atoms with E-state index >= 15 is 0 Å². The highest BCUT2D eigenvalue weighted by atomic mass is 16.2. The Kier molecular flexibility index (Phi) is 4.80. The van der Waals surface area contributed by atoms with Crippen LogP contribution in [0.4, 0.5) is 0 Å². The first-order valence-corrected chi connectivity index (χ1v) is 7.01. The SMILES string of the molecule is CC1CCCNC1C(=O)NCCN1CCCC1. The highest BCUT2D eigenvalue weighted by molar-refractivity contribution is 5.82. The van der Waals surface area contributed by atoms with Crippen LogP contribution in [0, 0.1) is 5.92 Å². The zero-order chi connectivity index (χ0) is 12.1. The van der Waals surface area contributed by atoms with Crippen molar-refractivity contribution in [2.75, 3.05) is 32.7 Å². The van der Waals surface area contributed by atoms with Crippen molar-refractivity contribution in [1.82, 2.24) is 15.5 Å². The lowest BCUT2D eigenvalue weighted by molar-refractivity contribution is -0.124. The molecule has 1 amide bonds. The van der Waals surface area contributed by atoms with E-state index in [-0.39, 0.29) is 11.9 Å². The second-order valence-electron chi connectivity index (χ2n) is 5.39. The first-order valence-electron chi connectivity index (χ1n) is 7.01. The minimum Gasteiger partial charge on any atom is -0.353 e. The smallest absolute Gasteiger partial charge is 0.237 e. The molecule has 2 heterocycles. The highest BCUT2D eigenvalue weighted by Crippen LogP contribution is 2.15. The first kappa shape index (κ1) is 12.8. The second-order valence-corrected chi connectivity index (χ2v) is 5.39. The standard InChI is InChI=1S/C13H25N3O/c1-11-5-4-6-14-12(11)13(17)15-7-10-16-8-2-3-9-16/h11-12,14H,2-10H2,1H3,(H,15,17). The summed E-state index contributed by atoms with van der Waals surface area (Å²) in [5.74, 6) is 0.659. The van der Waals surface area contributed by atoms with Gasteiger partial charge in [-0.25, -0.2) is 0 Å². The summed E-state index contributed by atoms with van der Waals surface area (Å²) in [6, 6.07) is 0.0299. The van der Waals surface area contributed by atoms with Gasteiger partial charge < -0.3 is 15.5 Å². The Balaban J connectivity index is 1.65. The van der Waals surface area contributed by atoms with Gasteiger partial charge in [0.25, 0.3) is 0 Å². The molecule has 0 aromatic rings. The van der Waals surface area contributed by atoms with Crippen molar-refractivity contribution in [3.63, 3.8) is 0 Å². The van der Waals surface area contributed by atoms with Crippen molar-refractivity contribution in [2.45, 2.75) is 38.6 Å². The Hall–Kier alpha value is -0.610. The maximum atomic E-state index is 12.0. The van der Waals surface area contributed by atoms with E-state index in [4.69, 9.17) is 0 Å². The van der Waals surface area contributed by atoms with Gasteiger partial charge >= 0.3 is 0 Å². The van der Waals surface area contributed by atoms with Crippen molar-refractivity contribution in [3.8, 4) is 0 Å². The molecule has 0 aromatic heterocycles. The maximum absolute atomic E-state index is 12.0. The van der Waals surface area contributed by atoms with Crippen molar-refractivity contribution in [3.05, 3.63) is 0 Å². The second kappa shape index (κ2) is 6.36. The fourth-order valence-electron chi connectivity index (χ4n) is 2.85. The summed E-state index contributed by atoms with van der Waals surface area (Å²) in [6.07, 6.45) is 4.99. The van der Waals surface area contributed by atoms with E-state index in [1.807, 2.05) is 0 Å². The molecule has 0 bridgehead atoms. The maximum Gasteiger partial charge on any atom is 0.237 e. The van der Waals surface area contributed by atoms with Crippen LogP contribution in [-0.2, 0) is 4.79 Å². The molecule has 0 aromatic carbocycles. The lowest BCUT2D eigenvalue weighted by Gasteiger charge is -2.29. The number of nitrogens with one attached hydrogen (secondary N) is 2. The van der Waals surface area contributed by atoms with Crippen LogP contribution in [0.25, 0.3) is 0 Å². The molecule has 2 unspecified atom stereocenters. The predicted molar refractivity (Wildman–Crippen MR) is 68.9 cm³/mol. The summed E-state index contributed by atoms with van der Waals surface area (Å²) in [5, 5.41) is 6.39. The van der Waals surface area contributed by atoms with E-state index < -0.39 is 0 Å². The third-order valence-electron chi connectivity index (χ3n) is 3.98. The molecule has 2 saturated heterocycles. The molecule has 2 aliphatic heterocycles. The van der Waals surface area contributed by atoms with E-state index in [2.05, 4.69) is 22.5 Å². The van der Waals surface area contributed by atoms with Crippen LogP contribution in [0.5, 0.6) is 0 Å². The lowest BCUT2D eigenvalue weighted by Crippen LogP contribution is -2.51. The average Bonchev–Trinajstić information content (AvgIpc) is 2.82. The van der Waals surface area contributed by atoms with E-state index in [1.165, 1.54) is 32.4 Å². The molecule has 0 aliphatic carbocycles. The Labute approximate surface area is 104 Å². The van der Waals surface area contributed by atoms with Crippen LogP contribution in [0.1, 0.15) is 32.6 Å². The minimum atomic E-state index is 0.0299. The van der Waals surface area contributed by atoms with Crippen LogP contribution >= 0.6 is 0 Å². The summed E-state index contributed by atoms with van der Waals surface area (Å²) >= 11 is 0. The molecule has 4 nitrogen and oxygen atoms in total. The van der Waals surface area contributed by atoms with Gasteiger partial charge in [-0.3, -0.25) is 4.79 Å². The summed E-state index contributed by atoms with van der Waals surface area (Å²) in [6.45, 7) is 7.35.